The van der Waals surface area contributed by atoms with E-state index in [4.69, 9.17) is 0 Å². The Kier molecular flexibility index (Phi) is 4.14. The maximum Gasteiger partial charge on any atom is 0.0268 e. The SMILES string of the molecule is CNCC1Cc2ccccc2CN1Cc1ccccc1. The first-order valence-electron chi connectivity index (χ1n) is 7.36. The molecule has 0 spiro atoms. The highest BCUT2D eigenvalue weighted by molar-refractivity contribution is 5.30. The Morgan fingerprint density at radius 1 is 1.00 bits per heavy atom. The van der Waals surface area contributed by atoms with E-state index >= 15 is 0 Å². The summed E-state index contributed by atoms with van der Waals surface area (Å²) in [7, 11) is 2.04. The van der Waals surface area contributed by atoms with Crippen LogP contribution in [0, 0.1) is 0 Å². The lowest BCUT2D eigenvalue weighted by molar-refractivity contribution is 0.161. The van der Waals surface area contributed by atoms with Crippen molar-refractivity contribution < 1.29 is 0 Å². The third kappa shape index (κ3) is 2.92. The molecule has 0 aromatic heterocycles. The molecule has 1 atom stereocenters. The quantitative estimate of drug-likeness (QED) is 0.915. The fourth-order valence-electron chi connectivity index (χ4n) is 3.08. The second-order valence-corrected chi connectivity index (χ2v) is 5.57. The van der Waals surface area contributed by atoms with E-state index in [0.29, 0.717) is 6.04 Å². The molecule has 0 saturated heterocycles. The second-order valence-electron chi connectivity index (χ2n) is 5.57. The first-order valence-corrected chi connectivity index (χ1v) is 7.36. The summed E-state index contributed by atoms with van der Waals surface area (Å²) in [6.07, 6.45) is 1.14. The minimum Gasteiger partial charge on any atom is -0.318 e. The van der Waals surface area contributed by atoms with E-state index in [1.807, 2.05) is 7.05 Å². The Hall–Kier alpha value is -1.64. The van der Waals surface area contributed by atoms with Crippen molar-refractivity contribution in [2.45, 2.75) is 25.6 Å². The first kappa shape index (κ1) is 13.3. The molecule has 2 aromatic carbocycles. The molecule has 0 saturated carbocycles. The van der Waals surface area contributed by atoms with Crippen molar-refractivity contribution in [1.82, 2.24) is 10.2 Å². The van der Waals surface area contributed by atoms with Crippen LogP contribution in [0.4, 0.5) is 0 Å². The van der Waals surface area contributed by atoms with Gasteiger partial charge < -0.3 is 5.32 Å². The predicted molar refractivity (Wildman–Crippen MR) is 83.5 cm³/mol. The molecule has 1 aliphatic rings. The van der Waals surface area contributed by atoms with Crippen LogP contribution in [0.2, 0.25) is 0 Å². The lowest BCUT2D eigenvalue weighted by atomic mass is 9.93. The third-order valence-corrected chi connectivity index (χ3v) is 4.13. The molecule has 1 unspecified atom stereocenters. The van der Waals surface area contributed by atoms with E-state index in [1.165, 1.54) is 16.7 Å². The van der Waals surface area contributed by atoms with E-state index in [2.05, 4.69) is 64.8 Å². The molecule has 1 heterocycles. The topological polar surface area (TPSA) is 15.3 Å². The van der Waals surface area contributed by atoms with Crippen molar-refractivity contribution in [3.8, 4) is 0 Å². The second kappa shape index (κ2) is 6.21. The van der Waals surface area contributed by atoms with Crippen molar-refractivity contribution in [1.29, 1.82) is 0 Å². The zero-order chi connectivity index (χ0) is 13.8. The predicted octanol–water partition coefficient (Wildman–Crippen LogP) is 2.83. The lowest BCUT2D eigenvalue weighted by Gasteiger charge is -2.37. The molecule has 2 aromatic rings. The average molecular weight is 266 g/mol. The molecule has 0 fully saturated rings. The van der Waals surface area contributed by atoms with Gasteiger partial charge in [0.15, 0.2) is 0 Å². The monoisotopic (exact) mass is 266 g/mol. The van der Waals surface area contributed by atoms with Gasteiger partial charge in [0.1, 0.15) is 0 Å². The van der Waals surface area contributed by atoms with Crippen molar-refractivity contribution in [3.63, 3.8) is 0 Å². The van der Waals surface area contributed by atoms with E-state index in [0.717, 1.165) is 26.1 Å². The molecular weight excluding hydrogens is 244 g/mol. The van der Waals surface area contributed by atoms with Gasteiger partial charge >= 0.3 is 0 Å². The highest BCUT2D eigenvalue weighted by atomic mass is 15.2. The normalized spacial score (nSPS) is 18.8. The van der Waals surface area contributed by atoms with E-state index in [9.17, 15) is 0 Å². The first-order chi connectivity index (χ1) is 9.86. The van der Waals surface area contributed by atoms with Crippen LogP contribution in [-0.2, 0) is 19.5 Å². The fourth-order valence-corrected chi connectivity index (χ4v) is 3.08. The molecule has 1 N–H and O–H groups in total. The summed E-state index contributed by atoms with van der Waals surface area (Å²) in [5.74, 6) is 0. The van der Waals surface area contributed by atoms with Crippen LogP contribution in [0.3, 0.4) is 0 Å². The summed E-state index contributed by atoms with van der Waals surface area (Å²) in [6.45, 7) is 3.13. The van der Waals surface area contributed by atoms with Crippen molar-refractivity contribution in [2.75, 3.05) is 13.6 Å². The number of likely N-dealkylation sites (N-methyl/N-ethyl adjacent to an activating group) is 1. The number of rotatable bonds is 4. The molecular formula is C18H22N2. The van der Waals surface area contributed by atoms with Crippen molar-refractivity contribution in [3.05, 3.63) is 71.3 Å². The molecule has 0 aliphatic carbocycles. The van der Waals surface area contributed by atoms with Gasteiger partial charge in [0, 0.05) is 25.7 Å². The minimum absolute atomic E-state index is 0.579. The highest BCUT2D eigenvalue weighted by Crippen LogP contribution is 2.24. The summed E-state index contributed by atoms with van der Waals surface area (Å²) in [5, 5.41) is 3.34. The van der Waals surface area contributed by atoms with Crippen LogP contribution in [-0.4, -0.2) is 24.5 Å². The summed E-state index contributed by atoms with van der Waals surface area (Å²) in [5.41, 5.74) is 4.39. The van der Waals surface area contributed by atoms with Gasteiger partial charge in [-0.25, -0.2) is 0 Å². The average Bonchev–Trinajstić information content (AvgIpc) is 2.49. The number of benzene rings is 2. The Morgan fingerprint density at radius 3 is 2.45 bits per heavy atom. The molecule has 2 nitrogen and oxygen atoms in total. The van der Waals surface area contributed by atoms with Crippen LogP contribution >= 0.6 is 0 Å². The number of hydrogen-bond donors (Lipinski definition) is 1. The number of hydrogen-bond acceptors (Lipinski definition) is 2. The Bertz CT molecular complexity index is 550. The van der Waals surface area contributed by atoms with Crippen LogP contribution in [0.15, 0.2) is 54.6 Å². The van der Waals surface area contributed by atoms with Crippen LogP contribution < -0.4 is 5.32 Å². The van der Waals surface area contributed by atoms with Gasteiger partial charge in [-0.1, -0.05) is 54.6 Å². The van der Waals surface area contributed by atoms with Gasteiger partial charge in [0.25, 0.3) is 0 Å². The standard InChI is InChI=1S/C18H22N2/c1-19-12-18-11-16-9-5-6-10-17(16)14-20(18)13-15-7-3-2-4-8-15/h2-10,18-19H,11-14H2,1H3. The fraction of sp³-hybridized carbons (Fsp3) is 0.333. The molecule has 2 heteroatoms. The summed E-state index contributed by atoms with van der Waals surface area (Å²) < 4.78 is 0. The highest BCUT2D eigenvalue weighted by Gasteiger charge is 2.25. The Morgan fingerprint density at radius 2 is 1.70 bits per heavy atom. The lowest BCUT2D eigenvalue weighted by Crippen LogP contribution is -2.45. The van der Waals surface area contributed by atoms with E-state index in [1.54, 1.807) is 0 Å². The molecule has 0 radical (unpaired) electrons. The summed E-state index contributed by atoms with van der Waals surface area (Å²) in [6, 6.07) is 20.2. The van der Waals surface area contributed by atoms with E-state index < -0.39 is 0 Å². The largest absolute Gasteiger partial charge is 0.318 e. The smallest absolute Gasteiger partial charge is 0.0268 e. The molecule has 3 rings (SSSR count). The third-order valence-electron chi connectivity index (χ3n) is 4.13. The number of nitrogens with one attached hydrogen (secondary N) is 1. The molecule has 1 aliphatic heterocycles. The van der Waals surface area contributed by atoms with Crippen LogP contribution in [0.5, 0.6) is 0 Å². The number of nitrogens with zero attached hydrogens (tertiary/aromatic N) is 1. The van der Waals surface area contributed by atoms with Crippen molar-refractivity contribution in [2.24, 2.45) is 0 Å². The van der Waals surface area contributed by atoms with Gasteiger partial charge in [-0.3, -0.25) is 4.90 Å². The van der Waals surface area contributed by atoms with Crippen LogP contribution in [0.25, 0.3) is 0 Å². The Labute approximate surface area is 121 Å². The molecule has 104 valence electrons. The van der Waals surface area contributed by atoms with Gasteiger partial charge in [-0.05, 0) is 30.2 Å². The molecule has 0 bridgehead atoms. The number of fused-ring (bicyclic) bond motifs is 1. The Balaban J connectivity index is 1.81. The zero-order valence-corrected chi connectivity index (χ0v) is 12.0. The van der Waals surface area contributed by atoms with Crippen molar-refractivity contribution >= 4 is 0 Å². The van der Waals surface area contributed by atoms with Gasteiger partial charge in [0.05, 0.1) is 0 Å². The molecule has 20 heavy (non-hydrogen) atoms. The minimum atomic E-state index is 0.579. The van der Waals surface area contributed by atoms with Gasteiger partial charge in [-0.15, -0.1) is 0 Å². The maximum absolute atomic E-state index is 3.34. The zero-order valence-electron chi connectivity index (χ0n) is 12.0. The summed E-state index contributed by atoms with van der Waals surface area (Å²) >= 11 is 0. The van der Waals surface area contributed by atoms with E-state index in [-0.39, 0.29) is 0 Å². The maximum atomic E-state index is 3.34. The van der Waals surface area contributed by atoms with Crippen LogP contribution in [0.1, 0.15) is 16.7 Å². The van der Waals surface area contributed by atoms with Gasteiger partial charge in [0.2, 0.25) is 0 Å². The summed E-state index contributed by atoms with van der Waals surface area (Å²) in [4.78, 5) is 2.59. The molecule has 0 amide bonds. The van der Waals surface area contributed by atoms with Gasteiger partial charge in [-0.2, -0.15) is 0 Å².